The Balaban J connectivity index is 1.71. The number of aromatic nitrogens is 2. The summed E-state index contributed by atoms with van der Waals surface area (Å²) in [5.41, 5.74) is -0.252. The van der Waals surface area contributed by atoms with Crippen LogP contribution in [0.4, 0.5) is 19.0 Å². The first-order chi connectivity index (χ1) is 13.3. The zero-order chi connectivity index (χ0) is 19.9. The van der Waals surface area contributed by atoms with Crippen molar-refractivity contribution in [2.24, 2.45) is 0 Å². The molecule has 3 N–H and O–H groups in total. The van der Waals surface area contributed by atoms with Gasteiger partial charge in [-0.05, 0) is 37.1 Å². The van der Waals surface area contributed by atoms with Gasteiger partial charge in [-0.15, -0.1) is 10.2 Å². The van der Waals surface area contributed by atoms with E-state index in [0.29, 0.717) is 29.3 Å². The van der Waals surface area contributed by atoms with Crippen molar-refractivity contribution in [1.82, 2.24) is 10.2 Å². The number of aromatic hydroxyl groups is 1. The summed E-state index contributed by atoms with van der Waals surface area (Å²) in [4.78, 5) is 0. The predicted octanol–water partition coefficient (Wildman–Crippen LogP) is 4.33. The number of hydrogen-bond donors (Lipinski definition) is 3. The van der Waals surface area contributed by atoms with E-state index >= 15 is 0 Å². The molecule has 0 radical (unpaired) electrons. The molecule has 3 aromatic rings. The fraction of sp³-hybridized carbons (Fsp3) is 0.368. The van der Waals surface area contributed by atoms with E-state index in [9.17, 15) is 23.4 Å². The second kappa shape index (κ2) is 6.97. The van der Waals surface area contributed by atoms with Crippen LogP contribution in [0.25, 0.3) is 22.2 Å². The molecule has 2 aromatic heterocycles. The van der Waals surface area contributed by atoms with E-state index in [4.69, 9.17) is 4.42 Å². The number of rotatable bonds is 3. The molecular formula is C19H18F3N3O3. The molecule has 0 amide bonds. The van der Waals surface area contributed by atoms with Crippen LogP contribution in [-0.2, 0) is 6.18 Å². The van der Waals surface area contributed by atoms with Gasteiger partial charge < -0.3 is 19.9 Å². The number of nitrogens with zero attached hydrogens (tertiary/aromatic N) is 2. The lowest BCUT2D eigenvalue weighted by molar-refractivity contribution is -0.137. The first-order valence-corrected chi connectivity index (χ1v) is 8.93. The van der Waals surface area contributed by atoms with Crippen LogP contribution in [0.5, 0.6) is 5.75 Å². The molecule has 0 aliphatic heterocycles. The molecule has 0 bridgehead atoms. The second-order valence-corrected chi connectivity index (χ2v) is 6.89. The third-order valence-electron chi connectivity index (χ3n) is 5.02. The Bertz CT molecular complexity index is 1000. The van der Waals surface area contributed by atoms with Gasteiger partial charge in [-0.2, -0.15) is 13.2 Å². The Labute approximate surface area is 158 Å². The highest BCUT2D eigenvalue weighted by molar-refractivity contribution is 5.97. The summed E-state index contributed by atoms with van der Waals surface area (Å²) in [5.74, 6) is -0.198. The van der Waals surface area contributed by atoms with Crippen molar-refractivity contribution in [2.75, 3.05) is 5.32 Å². The molecule has 1 aromatic carbocycles. The number of halogens is 3. The van der Waals surface area contributed by atoms with Gasteiger partial charge in [0.05, 0.1) is 29.4 Å². The summed E-state index contributed by atoms with van der Waals surface area (Å²) >= 11 is 0. The minimum absolute atomic E-state index is 0.121. The number of phenolic OH excluding ortho intramolecular Hbond substituents is 1. The second-order valence-electron chi connectivity index (χ2n) is 6.89. The molecule has 148 valence electrons. The fourth-order valence-corrected chi connectivity index (χ4v) is 3.54. The summed E-state index contributed by atoms with van der Waals surface area (Å²) in [6, 6.07) is 4.13. The maximum atomic E-state index is 12.8. The van der Waals surface area contributed by atoms with Gasteiger partial charge in [0.2, 0.25) is 0 Å². The number of hydrogen-bond acceptors (Lipinski definition) is 6. The Morgan fingerprint density at radius 2 is 1.89 bits per heavy atom. The topological polar surface area (TPSA) is 91.4 Å². The van der Waals surface area contributed by atoms with Crippen molar-refractivity contribution >= 4 is 16.8 Å². The van der Waals surface area contributed by atoms with Crippen molar-refractivity contribution in [1.29, 1.82) is 0 Å². The van der Waals surface area contributed by atoms with Crippen molar-refractivity contribution < 1.29 is 27.8 Å². The number of anilines is 1. The molecule has 4 rings (SSSR count). The van der Waals surface area contributed by atoms with Gasteiger partial charge in [-0.1, -0.05) is 12.8 Å². The number of furan rings is 1. The van der Waals surface area contributed by atoms with E-state index in [1.165, 1.54) is 6.26 Å². The van der Waals surface area contributed by atoms with Crippen molar-refractivity contribution in [3.05, 3.63) is 36.1 Å². The number of alkyl halides is 3. The Morgan fingerprint density at radius 3 is 2.61 bits per heavy atom. The minimum atomic E-state index is -4.55. The maximum absolute atomic E-state index is 12.8. The summed E-state index contributed by atoms with van der Waals surface area (Å²) in [5, 5.41) is 32.1. The Kier molecular flexibility index (Phi) is 4.62. The monoisotopic (exact) mass is 393 g/mol. The Morgan fingerprint density at radius 1 is 1.11 bits per heavy atom. The highest BCUT2D eigenvalue weighted by atomic mass is 19.4. The first kappa shape index (κ1) is 18.5. The summed E-state index contributed by atoms with van der Waals surface area (Å²) in [6.45, 7) is 0. The van der Waals surface area contributed by atoms with E-state index in [1.807, 2.05) is 0 Å². The smallest absolute Gasteiger partial charge is 0.416 e. The zero-order valence-electron chi connectivity index (χ0n) is 14.7. The number of fused-ring (bicyclic) bond motifs is 1. The van der Waals surface area contributed by atoms with Crippen LogP contribution in [0.15, 0.2) is 34.9 Å². The van der Waals surface area contributed by atoms with Crippen molar-refractivity contribution in [2.45, 2.75) is 44.0 Å². The fourth-order valence-electron chi connectivity index (χ4n) is 3.54. The highest BCUT2D eigenvalue weighted by Gasteiger charge is 2.31. The first-order valence-electron chi connectivity index (χ1n) is 8.93. The van der Waals surface area contributed by atoms with Crippen LogP contribution in [-0.4, -0.2) is 32.6 Å². The van der Waals surface area contributed by atoms with Gasteiger partial charge >= 0.3 is 6.18 Å². The molecule has 2 atom stereocenters. The van der Waals surface area contributed by atoms with Crippen LogP contribution >= 0.6 is 0 Å². The van der Waals surface area contributed by atoms with E-state index in [1.54, 1.807) is 6.07 Å². The Hall–Kier alpha value is -2.81. The normalized spacial score (nSPS) is 20.4. The van der Waals surface area contributed by atoms with Gasteiger partial charge in [0.25, 0.3) is 0 Å². The molecule has 1 aliphatic rings. The van der Waals surface area contributed by atoms with Crippen LogP contribution in [0.3, 0.4) is 0 Å². The molecule has 2 heterocycles. The number of phenols is 1. The predicted molar refractivity (Wildman–Crippen MR) is 95.8 cm³/mol. The summed E-state index contributed by atoms with van der Waals surface area (Å²) in [7, 11) is 0. The number of aliphatic hydroxyl groups is 1. The quantitative estimate of drug-likeness (QED) is 0.614. The molecule has 2 unspecified atom stereocenters. The van der Waals surface area contributed by atoms with Crippen LogP contribution in [0, 0.1) is 0 Å². The van der Waals surface area contributed by atoms with Gasteiger partial charge in [0.1, 0.15) is 11.4 Å². The average Bonchev–Trinajstić information content (AvgIpc) is 3.13. The minimum Gasteiger partial charge on any atom is -0.507 e. The molecule has 0 spiro atoms. The lowest BCUT2D eigenvalue weighted by atomic mass is 9.92. The standard InChI is InChI=1S/C19H18F3N3O3/c20-19(21,22)10-5-6-11(15(27)9-10)16-12-7-8-28-17(12)18(25-24-16)23-13-3-1-2-4-14(13)26/h5-9,13-14,26-27H,1-4H2,(H,23,25). The molecule has 9 heteroatoms. The lowest BCUT2D eigenvalue weighted by Gasteiger charge is -2.28. The highest BCUT2D eigenvalue weighted by Crippen LogP contribution is 2.39. The number of benzene rings is 1. The van der Waals surface area contributed by atoms with E-state index in [0.717, 1.165) is 31.4 Å². The third-order valence-corrected chi connectivity index (χ3v) is 5.02. The van der Waals surface area contributed by atoms with Crippen molar-refractivity contribution in [3.8, 4) is 17.0 Å². The van der Waals surface area contributed by atoms with E-state index in [2.05, 4.69) is 15.5 Å². The molecular weight excluding hydrogens is 375 g/mol. The van der Waals surface area contributed by atoms with Crippen LogP contribution in [0.1, 0.15) is 31.2 Å². The van der Waals surface area contributed by atoms with E-state index < -0.39 is 23.6 Å². The van der Waals surface area contributed by atoms with Gasteiger partial charge in [0, 0.05) is 5.56 Å². The summed E-state index contributed by atoms with van der Waals surface area (Å²) < 4.78 is 44.0. The number of nitrogens with one attached hydrogen (secondary N) is 1. The lowest BCUT2D eigenvalue weighted by Crippen LogP contribution is -2.36. The van der Waals surface area contributed by atoms with Crippen LogP contribution < -0.4 is 5.32 Å². The van der Waals surface area contributed by atoms with E-state index in [-0.39, 0.29) is 17.3 Å². The maximum Gasteiger partial charge on any atom is 0.416 e. The zero-order valence-corrected chi connectivity index (χ0v) is 14.7. The molecule has 1 aliphatic carbocycles. The number of aliphatic hydroxyl groups excluding tert-OH is 1. The SMILES string of the molecule is Oc1cc(C(F)(F)F)ccc1-c1nnc(NC2CCCCC2O)c2occc12. The van der Waals surface area contributed by atoms with Crippen LogP contribution in [0.2, 0.25) is 0 Å². The van der Waals surface area contributed by atoms with Crippen molar-refractivity contribution in [3.63, 3.8) is 0 Å². The van der Waals surface area contributed by atoms with Gasteiger partial charge in [-0.3, -0.25) is 0 Å². The molecule has 1 fully saturated rings. The molecule has 1 saturated carbocycles. The molecule has 0 saturated heterocycles. The summed E-state index contributed by atoms with van der Waals surface area (Å²) in [6.07, 6.45) is -0.202. The largest absolute Gasteiger partial charge is 0.507 e. The average molecular weight is 393 g/mol. The van der Waals surface area contributed by atoms with Gasteiger partial charge in [-0.25, -0.2) is 0 Å². The molecule has 6 nitrogen and oxygen atoms in total. The third kappa shape index (κ3) is 3.37. The molecule has 28 heavy (non-hydrogen) atoms. The van der Waals surface area contributed by atoms with Gasteiger partial charge in [0.15, 0.2) is 11.4 Å².